The van der Waals surface area contributed by atoms with Crippen molar-refractivity contribution in [3.8, 4) is 0 Å². The fraction of sp³-hybridized carbons (Fsp3) is 0.333. The molecule has 0 fully saturated rings. The van der Waals surface area contributed by atoms with E-state index in [0.717, 1.165) is 0 Å². The molecule has 24 heavy (non-hydrogen) atoms. The average molecular weight is 314 g/mol. The highest BCUT2D eigenvalue weighted by molar-refractivity contribution is 6.13. The fourth-order valence-corrected chi connectivity index (χ4v) is 4.25. The quantitative estimate of drug-likeness (QED) is 0.386. The van der Waals surface area contributed by atoms with Gasteiger partial charge in [0.2, 0.25) is 0 Å². The molecule has 0 heterocycles. The summed E-state index contributed by atoms with van der Waals surface area (Å²) in [5, 5.41) is 5.62. The number of allylic oxidation sites excluding steroid dienone is 1. The smallest absolute Gasteiger partial charge is 0.00777 e. The molecular formula is C24H26. The van der Waals surface area contributed by atoms with Crippen molar-refractivity contribution in [1.82, 2.24) is 0 Å². The Bertz CT molecular complexity index is 1020. The van der Waals surface area contributed by atoms with Gasteiger partial charge in [-0.05, 0) is 64.8 Å². The van der Waals surface area contributed by atoms with Gasteiger partial charge in [-0.25, -0.2) is 0 Å². The Morgan fingerprint density at radius 1 is 0.750 bits per heavy atom. The molecular weight excluding hydrogens is 288 g/mol. The van der Waals surface area contributed by atoms with Crippen molar-refractivity contribution in [3.05, 3.63) is 64.2 Å². The third-order valence-corrected chi connectivity index (χ3v) is 6.40. The summed E-state index contributed by atoms with van der Waals surface area (Å²) in [6.07, 6.45) is 2.44. The van der Waals surface area contributed by atoms with E-state index in [-0.39, 0.29) is 5.41 Å². The second-order valence-corrected chi connectivity index (χ2v) is 8.20. The highest BCUT2D eigenvalue weighted by Gasteiger charge is 2.35. The average Bonchev–Trinajstić information content (AvgIpc) is 2.53. The van der Waals surface area contributed by atoms with Gasteiger partial charge in [-0.2, -0.15) is 0 Å². The lowest BCUT2D eigenvalue weighted by atomic mass is 9.65. The maximum absolute atomic E-state index is 2.44. The molecule has 0 amide bonds. The predicted molar refractivity (Wildman–Crippen MR) is 107 cm³/mol. The van der Waals surface area contributed by atoms with Crippen LogP contribution in [0, 0.1) is 19.3 Å². The number of benzene rings is 3. The van der Waals surface area contributed by atoms with Crippen LogP contribution in [0.5, 0.6) is 0 Å². The van der Waals surface area contributed by atoms with Crippen molar-refractivity contribution < 1.29 is 0 Å². The van der Waals surface area contributed by atoms with E-state index in [1.54, 1.807) is 0 Å². The minimum Gasteiger partial charge on any atom is -0.0664 e. The van der Waals surface area contributed by atoms with E-state index in [4.69, 9.17) is 0 Å². The molecule has 0 radical (unpaired) electrons. The van der Waals surface area contributed by atoms with Crippen molar-refractivity contribution in [1.29, 1.82) is 0 Å². The van der Waals surface area contributed by atoms with Gasteiger partial charge < -0.3 is 0 Å². The summed E-state index contributed by atoms with van der Waals surface area (Å²) in [5.41, 5.74) is 7.31. The summed E-state index contributed by atoms with van der Waals surface area (Å²) < 4.78 is 0. The van der Waals surface area contributed by atoms with Gasteiger partial charge in [0.1, 0.15) is 0 Å². The zero-order valence-corrected chi connectivity index (χ0v) is 15.6. The molecule has 0 aromatic heterocycles. The van der Waals surface area contributed by atoms with Crippen LogP contribution >= 0.6 is 0 Å². The van der Waals surface area contributed by atoms with E-state index in [2.05, 4.69) is 84.0 Å². The Labute approximate surface area is 145 Å². The van der Waals surface area contributed by atoms with Gasteiger partial charge in [0.25, 0.3) is 0 Å². The van der Waals surface area contributed by atoms with E-state index < -0.39 is 0 Å². The maximum atomic E-state index is 2.44. The van der Waals surface area contributed by atoms with Crippen LogP contribution in [0.3, 0.4) is 0 Å². The summed E-state index contributed by atoms with van der Waals surface area (Å²) in [4.78, 5) is 0. The highest BCUT2D eigenvalue weighted by Crippen LogP contribution is 2.51. The molecule has 1 aliphatic carbocycles. The first-order valence-corrected chi connectivity index (χ1v) is 8.96. The Balaban J connectivity index is 2.28. The van der Waals surface area contributed by atoms with Crippen molar-refractivity contribution in [2.24, 2.45) is 5.41 Å². The summed E-state index contributed by atoms with van der Waals surface area (Å²) in [6.45, 7) is 13.8. The molecule has 0 nitrogen and oxygen atoms in total. The SMILES string of the molecule is CC1=Cc2c(c3ccc(C)cc3c3ccc(C)cc23)C(C)C1(C)C. The minimum atomic E-state index is 0.197. The Morgan fingerprint density at radius 3 is 2.00 bits per heavy atom. The van der Waals surface area contributed by atoms with Crippen LogP contribution in [0.2, 0.25) is 0 Å². The number of hydrogen-bond acceptors (Lipinski definition) is 0. The Hall–Kier alpha value is -2.08. The van der Waals surface area contributed by atoms with Gasteiger partial charge in [0.05, 0.1) is 0 Å². The zero-order valence-electron chi connectivity index (χ0n) is 15.6. The molecule has 3 aromatic rings. The van der Waals surface area contributed by atoms with Gasteiger partial charge in [-0.1, -0.05) is 79.9 Å². The number of hydrogen-bond donors (Lipinski definition) is 0. The van der Waals surface area contributed by atoms with Crippen LogP contribution < -0.4 is 0 Å². The van der Waals surface area contributed by atoms with Crippen LogP contribution in [0.25, 0.3) is 27.6 Å². The maximum Gasteiger partial charge on any atom is -0.00777 e. The monoisotopic (exact) mass is 314 g/mol. The molecule has 1 aliphatic rings. The molecule has 0 spiro atoms. The number of aryl methyl sites for hydroxylation is 2. The molecule has 0 N–H and O–H groups in total. The van der Waals surface area contributed by atoms with Crippen LogP contribution in [0.4, 0.5) is 0 Å². The number of rotatable bonds is 0. The minimum absolute atomic E-state index is 0.197. The largest absolute Gasteiger partial charge is 0.0664 e. The first-order chi connectivity index (χ1) is 11.3. The lowest BCUT2D eigenvalue weighted by Gasteiger charge is -2.39. The summed E-state index contributed by atoms with van der Waals surface area (Å²) in [7, 11) is 0. The molecule has 0 saturated carbocycles. The lowest BCUT2D eigenvalue weighted by molar-refractivity contribution is 0.367. The summed E-state index contributed by atoms with van der Waals surface area (Å²) >= 11 is 0. The molecule has 3 aromatic carbocycles. The van der Waals surface area contributed by atoms with Gasteiger partial charge in [-0.3, -0.25) is 0 Å². The third kappa shape index (κ3) is 1.99. The highest BCUT2D eigenvalue weighted by atomic mass is 14.4. The second kappa shape index (κ2) is 4.96. The summed E-state index contributed by atoms with van der Waals surface area (Å²) in [6, 6.07) is 13.9. The molecule has 0 heteroatoms. The molecule has 0 saturated heterocycles. The van der Waals surface area contributed by atoms with E-state index >= 15 is 0 Å². The number of fused-ring (bicyclic) bond motifs is 6. The molecule has 0 bridgehead atoms. The van der Waals surface area contributed by atoms with Crippen molar-refractivity contribution in [2.45, 2.75) is 47.5 Å². The molecule has 1 atom stereocenters. The molecule has 0 aliphatic heterocycles. The van der Waals surface area contributed by atoms with Gasteiger partial charge in [0, 0.05) is 0 Å². The zero-order chi connectivity index (χ0) is 17.2. The topological polar surface area (TPSA) is 0 Å². The van der Waals surface area contributed by atoms with Crippen LogP contribution in [0.15, 0.2) is 42.0 Å². The Morgan fingerprint density at radius 2 is 1.33 bits per heavy atom. The van der Waals surface area contributed by atoms with E-state index in [1.807, 2.05) is 0 Å². The van der Waals surface area contributed by atoms with Crippen molar-refractivity contribution in [3.63, 3.8) is 0 Å². The summed E-state index contributed by atoms with van der Waals surface area (Å²) in [5.74, 6) is 0.507. The van der Waals surface area contributed by atoms with Crippen molar-refractivity contribution >= 4 is 27.6 Å². The van der Waals surface area contributed by atoms with E-state index in [1.165, 1.54) is 49.4 Å². The third-order valence-electron chi connectivity index (χ3n) is 6.40. The van der Waals surface area contributed by atoms with Crippen LogP contribution in [-0.2, 0) is 0 Å². The predicted octanol–water partition coefficient (Wildman–Crippen LogP) is 7.16. The van der Waals surface area contributed by atoms with Crippen LogP contribution in [0.1, 0.15) is 55.9 Å². The fourth-order valence-electron chi connectivity index (χ4n) is 4.25. The first-order valence-electron chi connectivity index (χ1n) is 8.96. The second-order valence-electron chi connectivity index (χ2n) is 8.20. The van der Waals surface area contributed by atoms with Crippen LogP contribution in [-0.4, -0.2) is 0 Å². The molecule has 122 valence electrons. The van der Waals surface area contributed by atoms with Crippen molar-refractivity contribution in [2.75, 3.05) is 0 Å². The van der Waals surface area contributed by atoms with Gasteiger partial charge >= 0.3 is 0 Å². The molecule has 1 unspecified atom stereocenters. The first kappa shape index (κ1) is 15.4. The van der Waals surface area contributed by atoms with E-state index in [9.17, 15) is 0 Å². The lowest BCUT2D eigenvalue weighted by Crippen LogP contribution is -2.25. The van der Waals surface area contributed by atoms with Gasteiger partial charge in [0.15, 0.2) is 0 Å². The van der Waals surface area contributed by atoms with Gasteiger partial charge in [-0.15, -0.1) is 0 Å². The van der Waals surface area contributed by atoms with E-state index in [0.29, 0.717) is 5.92 Å². The Kier molecular flexibility index (Phi) is 3.19. The molecule has 4 rings (SSSR count). The normalized spacial score (nSPS) is 19.4. The standard InChI is InChI=1S/C24H26/c1-14-7-9-18-20-11-15(2)8-10-19(20)23-17(4)24(5,6)16(3)13-22(23)21(18)12-14/h7-13,17H,1-6H3.